The van der Waals surface area contributed by atoms with Crippen LogP contribution in [-0.4, -0.2) is 49.1 Å². The number of rotatable bonds is 3. The van der Waals surface area contributed by atoms with Crippen molar-refractivity contribution in [2.24, 2.45) is 0 Å². The van der Waals surface area contributed by atoms with E-state index in [9.17, 15) is 4.79 Å². The molecular formula is C11H22ClN3O. The Morgan fingerprint density at radius 2 is 2.12 bits per heavy atom. The zero-order valence-corrected chi connectivity index (χ0v) is 10.7. The van der Waals surface area contributed by atoms with Gasteiger partial charge in [0.05, 0.1) is 6.54 Å². The first-order valence-electron chi connectivity index (χ1n) is 6.03. The van der Waals surface area contributed by atoms with Gasteiger partial charge in [0, 0.05) is 31.7 Å². The molecule has 5 heteroatoms. The number of halogens is 1. The van der Waals surface area contributed by atoms with Crippen LogP contribution in [0.2, 0.25) is 0 Å². The van der Waals surface area contributed by atoms with E-state index in [-0.39, 0.29) is 18.3 Å². The second-order valence-corrected chi connectivity index (χ2v) is 4.62. The van der Waals surface area contributed by atoms with Crippen LogP contribution < -0.4 is 10.6 Å². The Morgan fingerprint density at radius 3 is 2.88 bits per heavy atom. The molecule has 2 atom stereocenters. The van der Waals surface area contributed by atoms with Gasteiger partial charge in [-0.1, -0.05) is 0 Å². The summed E-state index contributed by atoms with van der Waals surface area (Å²) < 4.78 is 0. The highest BCUT2D eigenvalue weighted by atomic mass is 35.5. The Hall–Kier alpha value is -0.320. The Balaban J connectivity index is 0.00000128. The molecule has 1 amide bonds. The van der Waals surface area contributed by atoms with Gasteiger partial charge in [-0.05, 0) is 26.2 Å². The molecule has 2 rings (SSSR count). The average Bonchev–Trinajstić information content (AvgIpc) is 2.51. The fourth-order valence-electron chi connectivity index (χ4n) is 2.62. The van der Waals surface area contributed by atoms with E-state index in [1.54, 1.807) is 0 Å². The molecule has 4 nitrogen and oxygen atoms in total. The van der Waals surface area contributed by atoms with Crippen molar-refractivity contribution in [3.05, 3.63) is 0 Å². The average molecular weight is 248 g/mol. The van der Waals surface area contributed by atoms with E-state index in [0.29, 0.717) is 18.6 Å². The van der Waals surface area contributed by atoms with E-state index in [2.05, 4.69) is 15.5 Å². The first-order chi connectivity index (χ1) is 7.28. The van der Waals surface area contributed by atoms with Gasteiger partial charge in [-0.3, -0.25) is 9.69 Å². The molecule has 2 N–H and O–H groups in total. The van der Waals surface area contributed by atoms with Crippen molar-refractivity contribution in [3.63, 3.8) is 0 Å². The fourth-order valence-corrected chi connectivity index (χ4v) is 2.62. The van der Waals surface area contributed by atoms with Crippen LogP contribution in [0.4, 0.5) is 0 Å². The number of fused-ring (bicyclic) bond motifs is 2. The highest BCUT2D eigenvalue weighted by Crippen LogP contribution is 2.19. The summed E-state index contributed by atoms with van der Waals surface area (Å²) in [6.07, 6.45) is 3.78. The molecule has 0 aliphatic carbocycles. The van der Waals surface area contributed by atoms with Gasteiger partial charge >= 0.3 is 0 Å². The Morgan fingerprint density at radius 1 is 1.38 bits per heavy atom. The van der Waals surface area contributed by atoms with Crippen LogP contribution in [-0.2, 0) is 4.79 Å². The predicted molar refractivity (Wildman–Crippen MR) is 66.9 cm³/mol. The number of likely N-dealkylation sites (tertiary alicyclic amines) is 1. The van der Waals surface area contributed by atoms with Crippen LogP contribution in [0, 0.1) is 0 Å². The summed E-state index contributed by atoms with van der Waals surface area (Å²) in [5.74, 6) is 0.162. The smallest absolute Gasteiger partial charge is 0.234 e. The largest absolute Gasteiger partial charge is 0.355 e. The van der Waals surface area contributed by atoms with E-state index < -0.39 is 0 Å². The lowest BCUT2D eigenvalue weighted by molar-refractivity contribution is -0.122. The minimum absolute atomic E-state index is 0. The van der Waals surface area contributed by atoms with Gasteiger partial charge in [-0.25, -0.2) is 0 Å². The van der Waals surface area contributed by atoms with Crippen LogP contribution in [0.1, 0.15) is 26.2 Å². The maximum atomic E-state index is 11.5. The van der Waals surface area contributed by atoms with Gasteiger partial charge in [0.15, 0.2) is 0 Å². The summed E-state index contributed by atoms with van der Waals surface area (Å²) in [5, 5.41) is 6.47. The number of amides is 1. The molecule has 0 aromatic carbocycles. The number of nitrogens with zero attached hydrogens (tertiary/aromatic N) is 1. The summed E-state index contributed by atoms with van der Waals surface area (Å²) in [6, 6.07) is 1.32. The first kappa shape index (κ1) is 13.7. The lowest BCUT2D eigenvalue weighted by atomic mass is 10.1. The minimum Gasteiger partial charge on any atom is -0.355 e. The van der Waals surface area contributed by atoms with Gasteiger partial charge < -0.3 is 10.6 Å². The number of likely N-dealkylation sites (N-methyl/N-ethyl adjacent to an activating group) is 1. The van der Waals surface area contributed by atoms with Crippen molar-refractivity contribution in [2.75, 3.05) is 26.2 Å². The van der Waals surface area contributed by atoms with Crippen LogP contribution in [0.3, 0.4) is 0 Å². The van der Waals surface area contributed by atoms with Crippen LogP contribution in [0.15, 0.2) is 0 Å². The highest BCUT2D eigenvalue weighted by Gasteiger charge is 2.29. The van der Waals surface area contributed by atoms with Gasteiger partial charge in [0.2, 0.25) is 5.91 Å². The predicted octanol–water partition coefficient (Wildman–Crippen LogP) is 0.371. The molecule has 16 heavy (non-hydrogen) atoms. The molecule has 0 aromatic rings. The number of nitrogens with one attached hydrogen (secondary N) is 2. The minimum atomic E-state index is 0. The van der Waals surface area contributed by atoms with Gasteiger partial charge in [-0.15, -0.1) is 12.4 Å². The SMILES string of the molecule is CCNC(=O)CN1CCC2CCC(C1)N2.Cl. The normalized spacial score (nSPS) is 29.3. The third-order valence-electron chi connectivity index (χ3n) is 3.35. The molecular weight excluding hydrogens is 226 g/mol. The first-order valence-corrected chi connectivity index (χ1v) is 6.03. The molecule has 2 heterocycles. The summed E-state index contributed by atoms with van der Waals surface area (Å²) >= 11 is 0. The maximum absolute atomic E-state index is 11.5. The monoisotopic (exact) mass is 247 g/mol. The molecule has 2 saturated heterocycles. The molecule has 0 aromatic heterocycles. The van der Waals surface area contributed by atoms with Crippen molar-refractivity contribution in [3.8, 4) is 0 Å². The molecule has 2 fully saturated rings. The van der Waals surface area contributed by atoms with Crippen molar-refractivity contribution < 1.29 is 4.79 Å². The van der Waals surface area contributed by atoms with Crippen LogP contribution in [0.5, 0.6) is 0 Å². The number of carbonyl (C=O) groups excluding carboxylic acids is 1. The van der Waals surface area contributed by atoms with E-state index in [4.69, 9.17) is 0 Å². The summed E-state index contributed by atoms with van der Waals surface area (Å²) in [5.41, 5.74) is 0. The number of carbonyl (C=O) groups is 1. The second-order valence-electron chi connectivity index (χ2n) is 4.62. The molecule has 0 saturated carbocycles. The lowest BCUT2D eigenvalue weighted by Gasteiger charge is -2.23. The topological polar surface area (TPSA) is 44.4 Å². The molecule has 94 valence electrons. The number of hydrogen-bond acceptors (Lipinski definition) is 3. The van der Waals surface area contributed by atoms with Crippen molar-refractivity contribution in [2.45, 2.75) is 38.3 Å². The third-order valence-corrected chi connectivity index (χ3v) is 3.35. The molecule has 0 spiro atoms. The Labute approximate surface area is 104 Å². The van der Waals surface area contributed by atoms with Crippen LogP contribution >= 0.6 is 12.4 Å². The summed E-state index contributed by atoms with van der Waals surface area (Å²) in [7, 11) is 0. The molecule has 2 unspecified atom stereocenters. The van der Waals surface area contributed by atoms with Crippen molar-refractivity contribution in [1.29, 1.82) is 0 Å². The molecule has 2 aliphatic heterocycles. The highest BCUT2D eigenvalue weighted by molar-refractivity contribution is 5.85. The van der Waals surface area contributed by atoms with Gasteiger partial charge in [0.1, 0.15) is 0 Å². The maximum Gasteiger partial charge on any atom is 0.234 e. The lowest BCUT2D eigenvalue weighted by Crippen LogP contribution is -2.41. The van der Waals surface area contributed by atoms with Crippen molar-refractivity contribution >= 4 is 18.3 Å². The zero-order valence-electron chi connectivity index (χ0n) is 9.87. The van der Waals surface area contributed by atoms with Gasteiger partial charge in [0.25, 0.3) is 0 Å². The zero-order chi connectivity index (χ0) is 10.7. The van der Waals surface area contributed by atoms with Crippen LogP contribution in [0.25, 0.3) is 0 Å². The fraction of sp³-hybridized carbons (Fsp3) is 0.909. The second kappa shape index (κ2) is 6.42. The standard InChI is InChI=1S/C11H21N3O.ClH/c1-2-12-11(15)8-14-6-5-9-3-4-10(7-14)13-9;/h9-10,13H,2-8H2,1H3,(H,12,15);1H. The molecule has 2 bridgehead atoms. The molecule has 0 radical (unpaired) electrons. The van der Waals surface area contributed by atoms with E-state index >= 15 is 0 Å². The van der Waals surface area contributed by atoms with E-state index in [1.807, 2.05) is 6.92 Å². The quantitative estimate of drug-likeness (QED) is 0.758. The summed E-state index contributed by atoms with van der Waals surface area (Å²) in [6.45, 7) is 5.36. The van der Waals surface area contributed by atoms with Gasteiger partial charge in [-0.2, -0.15) is 0 Å². The Bertz CT molecular complexity index is 237. The summed E-state index contributed by atoms with van der Waals surface area (Å²) in [4.78, 5) is 13.7. The number of hydrogen-bond donors (Lipinski definition) is 2. The van der Waals surface area contributed by atoms with Crippen molar-refractivity contribution in [1.82, 2.24) is 15.5 Å². The van der Waals surface area contributed by atoms with E-state index in [1.165, 1.54) is 19.3 Å². The Kier molecular flexibility index (Phi) is 5.52. The third kappa shape index (κ3) is 3.61. The molecule has 2 aliphatic rings. The van der Waals surface area contributed by atoms with E-state index in [0.717, 1.165) is 19.6 Å².